The molecule has 0 aliphatic carbocycles. The normalized spacial score (nSPS) is 22.8. The molecule has 6 heteroatoms. The van der Waals surface area contributed by atoms with Crippen molar-refractivity contribution in [3.63, 3.8) is 0 Å². The van der Waals surface area contributed by atoms with Gasteiger partial charge in [0, 0.05) is 51.0 Å². The molecule has 0 bridgehead atoms. The van der Waals surface area contributed by atoms with Gasteiger partial charge in [0.1, 0.15) is 5.82 Å². The summed E-state index contributed by atoms with van der Waals surface area (Å²) in [6.45, 7) is 6.78. The number of likely N-dealkylation sites (N-methyl/N-ethyl adjacent to an activating group) is 1. The predicted octanol–water partition coefficient (Wildman–Crippen LogP) is 3.01. The first-order valence-electron chi connectivity index (χ1n) is 9.36. The third-order valence-electron chi connectivity index (χ3n) is 5.34. The van der Waals surface area contributed by atoms with Gasteiger partial charge in [0.25, 0.3) is 0 Å². The Labute approximate surface area is 156 Å². The van der Waals surface area contributed by atoms with E-state index in [2.05, 4.69) is 27.1 Å². The largest absolute Gasteiger partial charge is 0.346 e. The van der Waals surface area contributed by atoms with Crippen molar-refractivity contribution in [2.75, 3.05) is 51.6 Å². The molecule has 0 radical (unpaired) electrons. The van der Waals surface area contributed by atoms with Crippen molar-refractivity contribution in [3.8, 4) is 0 Å². The van der Waals surface area contributed by atoms with Crippen molar-refractivity contribution < 1.29 is 4.39 Å². The molecule has 4 nitrogen and oxygen atoms in total. The lowest BCUT2D eigenvalue weighted by Gasteiger charge is -2.39. The monoisotopic (exact) mass is 364 g/mol. The van der Waals surface area contributed by atoms with Gasteiger partial charge < -0.3 is 20.0 Å². The van der Waals surface area contributed by atoms with Gasteiger partial charge in [-0.15, -0.1) is 0 Å². The number of likely N-dealkylation sites (tertiary alicyclic amines) is 1. The Morgan fingerprint density at radius 3 is 2.76 bits per heavy atom. The topological polar surface area (TPSA) is 21.8 Å². The van der Waals surface area contributed by atoms with Crippen LogP contribution >= 0.6 is 12.2 Å². The zero-order chi connectivity index (χ0) is 17.6. The summed E-state index contributed by atoms with van der Waals surface area (Å²) in [5, 5.41) is 3.95. The molecule has 1 aromatic rings. The third kappa shape index (κ3) is 5.36. The van der Waals surface area contributed by atoms with Crippen molar-refractivity contribution in [1.82, 2.24) is 14.7 Å². The second kappa shape index (κ2) is 8.92. The fourth-order valence-corrected chi connectivity index (χ4v) is 4.09. The highest BCUT2D eigenvalue weighted by Crippen LogP contribution is 2.22. The van der Waals surface area contributed by atoms with Crippen molar-refractivity contribution >= 4 is 23.0 Å². The number of halogens is 1. The van der Waals surface area contributed by atoms with Gasteiger partial charge in [0.15, 0.2) is 5.11 Å². The Morgan fingerprint density at radius 2 is 2.00 bits per heavy atom. The van der Waals surface area contributed by atoms with E-state index >= 15 is 0 Å². The van der Waals surface area contributed by atoms with Crippen LogP contribution in [0.3, 0.4) is 0 Å². The first-order valence-corrected chi connectivity index (χ1v) is 9.77. The summed E-state index contributed by atoms with van der Waals surface area (Å²) in [4.78, 5) is 7.27. The van der Waals surface area contributed by atoms with Crippen LogP contribution in [0.25, 0.3) is 0 Å². The zero-order valence-electron chi connectivity index (χ0n) is 15.1. The van der Waals surface area contributed by atoms with Crippen molar-refractivity contribution in [3.05, 3.63) is 30.1 Å². The molecule has 3 rings (SSSR count). The highest BCUT2D eigenvalue weighted by atomic mass is 32.1. The van der Waals surface area contributed by atoms with Gasteiger partial charge in [-0.05, 0) is 63.1 Å². The summed E-state index contributed by atoms with van der Waals surface area (Å²) in [6, 6.07) is 7.01. The van der Waals surface area contributed by atoms with E-state index in [-0.39, 0.29) is 5.82 Å². The SMILES string of the molecule is CN1CCN(CC[C@H]2CCCCN2C(=S)Nc2cccc(F)c2)CC1. The predicted molar refractivity (Wildman–Crippen MR) is 106 cm³/mol. The summed E-state index contributed by atoms with van der Waals surface area (Å²) in [5.74, 6) is -0.238. The second-order valence-electron chi connectivity index (χ2n) is 7.22. The van der Waals surface area contributed by atoms with E-state index in [1.807, 2.05) is 6.07 Å². The first kappa shape index (κ1) is 18.5. The molecule has 2 aliphatic rings. The van der Waals surface area contributed by atoms with Crippen LogP contribution in [0.5, 0.6) is 0 Å². The average Bonchev–Trinajstić information content (AvgIpc) is 2.61. The van der Waals surface area contributed by atoms with E-state index < -0.39 is 0 Å². The van der Waals surface area contributed by atoms with Crippen molar-refractivity contribution in [2.45, 2.75) is 31.7 Å². The molecule has 25 heavy (non-hydrogen) atoms. The highest BCUT2D eigenvalue weighted by molar-refractivity contribution is 7.80. The van der Waals surface area contributed by atoms with Crippen molar-refractivity contribution in [2.24, 2.45) is 0 Å². The number of nitrogens with one attached hydrogen (secondary N) is 1. The van der Waals surface area contributed by atoms with Crippen LogP contribution in [-0.4, -0.2) is 72.2 Å². The van der Waals surface area contributed by atoms with Crippen LogP contribution in [0.4, 0.5) is 10.1 Å². The molecule has 1 aromatic carbocycles. The number of hydrogen-bond donors (Lipinski definition) is 1. The quantitative estimate of drug-likeness (QED) is 0.827. The number of piperidine rings is 1. The molecule has 2 saturated heterocycles. The van der Waals surface area contributed by atoms with Crippen LogP contribution in [0.15, 0.2) is 24.3 Å². The summed E-state index contributed by atoms with van der Waals surface area (Å²) >= 11 is 5.63. The van der Waals surface area contributed by atoms with E-state index in [0.717, 1.165) is 56.5 Å². The number of thiocarbonyl (C=S) groups is 1. The maximum atomic E-state index is 13.4. The van der Waals surface area contributed by atoms with Crippen molar-refractivity contribution in [1.29, 1.82) is 0 Å². The Balaban J connectivity index is 1.53. The minimum atomic E-state index is -0.238. The molecule has 2 aliphatic heterocycles. The Morgan fingerprint density at radius 1 is 1.20 bits per heavy atom. The lowest BCUT2D eigenvalue weighted by Crippen LogP contribution is -2.49. The molecular weight excluding hydrogens is 335 g/mol. The average molecular weight is 365 g/mol. The fraction of sp³-hybridized carbons (Fsp3) is 0.632. The molecule has 0 saturated carbocycles. The van der Waals surface area contributed by atoms with Crippen LogP contribution in [0.1, 0.15) is 25.7 Å². The minimum Gasteiger partial charge on any atom is -0.346 e. The lowest BCUT2D eigenvalue weighted by molar-refractivity contribution is 0.135. The van der Waals surface area contributed by atoms with Gasteiger partial charge in [0.2, 0.25) is 0 Å². The van der Waals surface area contributed by atoms with E-state index in [9.17, 15) is 4.39 Å². The number of hydrogen-bond acceptors (Lipinski definition) is 3. The number of benzene rings is 1. The van der Waals surface area contributed by atoms with Crippen LogP contribution in [0.2, 0.25) is 0 Å². The maximum absolute atomic E-state index is 13.4. The molecular formula is C19H29FN4S. The van der Waals surface area contributed by atoms with Gasteiger partial charge >= 0.3 is 0 Å². The van der Waals surface area contributed by atoms with E-state index in [1.165, 1.54) is 31.4 Å². The number of piperazine rings is 1. The Bertz CT molecular complexity index is 574. The standard InChI is InChI=1S/C19H29FN4S/c1-22-11-13-23(14-12-22)10-8-18-7-2-3-9-24(18)19(25)21-17-6-4-5-16(20)15-17/h4-6,15,18H,2-3,7-14H2,1H3,(H,21,25)/t18-/m1/s1. The summed E-state index contributed by atoms with van der Waals surface area (Å²) in [6.07, 6.45) is 4.79. The van der Waals surface area contributed by atoms with Crippen LogP contribution in [-0.2, 0) is 0 Å². The number of nitrogens with zero attached hydrogens (tertiary/aromatic N) is 3. The molecule has 0 aromatic heterocycles. The molecule has 2 heterocycles. The Hall–Kier alpha value is -1.24. The van der Waals surface area contributed by atoms with Gasteiger partial charge in [-0.2, -0.15) is 0 Å². The van der Waals surface area contributed by atoms with Crippen LogP contribution in [0, 0.1) is 5.82 Å². The number of rotatable bonds is 4. The second-order valence-corrected chi connectivity index (χ2v) is 7.60. The summed E-state index contributed by atoms with van der Waals surface area (Å²) < 4.78 is 13.4. The third-order valence-corrected chi connectivity index (χ3v) is 5.67. The van der Waals surface area contributed by atoms with Gasteiger partial charge in [-0.25, -0.2) is 4.39 Å². The van der Waals surface area contributed by atoms with Gasteiger partial charge in [0.05, 0.1) is 0 Å². The number of anilines is 1. The minimum absolute atomic E-state index is 0.238. The van der Waals surface area contributed by atoms with E-state index in [0.29, 0.717) is 6.04 Å². The summed E-state index contributed by atoms with van der Waals surface area (Å²) in [5.41, 5.74) is 0.730. The molecule has 2 fully saturated rings. The van der Waals surface area contributed by atoms with Gasteiger partial charge in [-0.1, -0.05) is 6.07 Å². The molecule has 138 valence electrons. The zero-order valence-corrected chi connectivity index (χ0v) is 15.9. The van der Waals surface area contributed by atoms with E-state index in [1.54, 1.807) is 6.07 Å². The van der Waals surface area contributed by atoms with Crippen LogP contribution < -0.4 is 5.32 Å². The molecule has 1 atom stereocenters. The molecule has 0 amide bonds. The maximum Gasteiger partial charge on any atom is 0.173 e. The molecule has 0 unspecified atom stereocenters. The first-order chi connectivity index (χ1) is 12.1. The fourth-order valence-electron chi connectivity index (χ4n) is 3.73. The summed E-state index contributed by atoms with van der Waals surface area (Å²) in [7, 11) is 2.19. The highest BCUT2D eigenvalue weighted by Gasteiger charge is 2.25. The molecule has 0 spiro atoms. The Kier molecular flexibility index (Phi) is 6.62. The molecule has 1 N–H and O–H groups in total. The lowest BCUT2D eigenvalue weighted by atomic mass is 9.99. The van der Waals surface area contributed by atoms with E-state index in [4.69, 9.17) is 12.2 Å². The van der Waals surface area contributed by atoms with Gasteiger partial charge in [-0.3, -0.25) is 0 Å². The smallest absolute Gasteiger partial charge is 0.173 e.